The number of para-hydroxylation sites is 1. The lowest BCUT2D eigenvalue weighted by Crippen LogP contribution is -2.30. The van der Waals surface area contributed by atoms with Crippen LogP contribution >= 0.6 is 11.3 Å². The lowest BCUT2D eigenvalue weighted by molar-refractivity contribution is -0.132. The van der Waals surface area contributed by atoms with Gasteiger partial charge in [-0.05, 0) is 62.6 Å². The average molecular weight is 409 g/mol. The van der Waals surface area contributed by atoms with Crippen molar-refractivity contribution < 1.29 is 14.3 Å². The van der Waals surface area contributed by atoms with Gasteiger partial charge in [-0.15, -0.1) is 11.3 Å². The molecule has 1 aliphatic heterocycles. The number of carbonyl (C=O) groups excluding carboxylic acids is 2. The van der Waals surface area contributed by atoms with Crippen molar-refractivity contribution >= 4 is 33.2 Å². The zero-order valence-corrected chi connectivity index (χ0v) is 17.3. The average Bonchev–Trinajstić information content (AvgIpc) is 3.38. The number of fused-ring (bicyclic) bond motifs is 1. The van der Waals surface area contributed by atoms with Crippen molar-refractivity contribution in [3.63, 3.8) is 0 Å². The van der Waals surface area contributed by atoms with Gasteiger partial charge in [0.1, 0.15) is 10.8 Å². The van der Waals surface area contributed by atoms with Gasteiger partial charge >= 0.3 is 0 Å². The standard InChI is InChI=1S/C23H24N2O3S/c1-16(26)17-10-12-18(13-11-17)28-15-5-9-22(27)25-14-4-7-20(25)23-24-19-6-2-3-8-21(19)29-23/h2-3,6,8,10-13,20H,4-5,7,9,14-15H2,1H3/t20-/m0/s1. The number of hydrogen-bond donors (Lipinski definition) is 0. The number of rotatable bonds is 7. The molecule has 0 aliphatic carbocycles. The van der Waals surface area contributed by atoms with Crippen molar-refractivity contribution in [1.29, 1.82) is 0 Å². The van der Waals surface area contributed by atoms with Crippen molar-refractivity contribution in [2.24, 2.45) is 0 Å². The third kappa shape index (κ3) is 4.48. The molecule has 0 spiro atoms. The molecule has 1 aromatic heterocycles. The Kier molecular flexibility index (Phi) is 5.90. The van der Waals surface area contributed by atoms with Crippen LogP contribution < -0.4 is 4.74 Å². The fourth-order valence-corrected chi connectivity index (χ4v) is 4.81. The van der Waals surface area contributed by atoms with Gasteiger partial charge in [0.15, 0.2) is 5.78 Å². The van der Waals surface area contributed by atoms with Crippen LogP contribution in [0.3, 0.4) is 0 Å². The molecule has 2 heterocycles. The summed E-state index contributed by atoms with van der Waals surface area (Å²) in [4.78, 5) is 30.8. The van der Waals surface area contributed by atoms with Crippen LogP contribution in [0.1, 0.15) is 54.0 Å². The van der Waals surface area contributed by atoms with Gasteiger partial charge in [-0.1, -0.05) is 12.1 Å². The molecule has 5 nitrogen and oxygen atoms in total. The summed E-state index contributed by atoms with van der Waals surface area (Å²) in [5.41, 5.74) is 1.68. The smallest absolute Gasteiger partial charge is 0.223 e. The minimum absolute atomic E-state index is 0.0374. The van der Waals surface area contributed by atoms with Crippen molar-refractivity contribution in [1.82, 2.24) is 9.88 Å². The van der Waals surface area contributed by atoms with Crippen molar-refractivity contribution in [3.8, 4) is 5.75 Å². The van der Waals surface area contributed by atoms with Gasteiger partial charge in [0, 0.05) is 18.5 Å². The molecule has 1 saturated heterocycles. The van der Waals surface area contributed by atoms with Gasteiger partial charge in [-0.3, -0.25) is 9.59 Å². The maximum Gasteiger partial charge on any atom is 0.223 e. The summed E-state index contributed by atoms with van der Waals surface area (Å²) in [6, 6.07) is 15.3. The highest BCUT2D eigenvalue weighted by molar-refractivity contribution is 7.18. The van der Waals surface area contributed by atoms with Crippen LogP contribution in [0.5, 0.6) is 5.75 Å². The van der Waals surface area contributed by atoms with Crippen LogP contribution in [0.2, 0.25) is 0 Å². The number of Topliss-reactive ketones (excluding diaryl/α,β-unsaturated/α-hetero) is 1. The van der Waals surface area contributed by atoms with Crippen molar-refractivity contribution in [2.75, 3.05) is 13.2 Å². The first kappa shape index (κ1) is 19.6. The molecule has 6 heteroatoms. The van der Waals surface area contributed by atoms with Gasteiger partial charge in [0.05, 0.1) is 22.9 Å². The normalized spacial score (nSPS) is 16.3. The minimum Gasteiger partial charge on any atom is -0.494 e. The molecule has 0 unspecified atom stereocenters. The van der Waals surface area contributed by atoms with E-state index >= 15 is 0 Å². The first-order valence-electron chi connectivity index (χ1n) is 10.0. The second-order valence-electron chi connectivity index (χ2n) is 7.30. The Morgan fingerprint density at radius 2 is 1.97 bits per heavy atom. The van der Waals surface area contributed by atoms with Gasteiger partial charge < -0.3 is 9.64 Å². The number of nitrogens with zero attached hydrogens (tertiary/aromatic N) is 2. The Labute approximate surface area is 174 Å². The van der Waals surface area contributed by atoms with Gasteiger partial charge in [-0.25, -0.2) is 4.98 Å². The number of ether oxygens (including phenoxy) is 1. The molecule has 4 rings (SSSR count). The third-order valence-corrected chi connectivity index (χ3v) is 6.37. The van der Waals surface area contributed by atoms with Crippen LogP contribution in [-0.4, -0.2) is 34.7 Å². The zero-order chi connectivity index (χ0) is 20.2. The van der Waals surface area contributed by atoms with E-state index in [2.05, 4.69) is 6.07 Å². The molecule has 29 heavy (non-hydrogen) atoms. The molecule has 0 N–H and O–H groups in total. The Morgan fingerprint density at radius 1 is 1.17 bits per heavy atom. The van der Waals surface area contributed by atoms with E-state index in [1.807, 2.05) is 23.1 Å². The van der Waals surface area contributed by atoms with Crippen LogP contribution in [0.15, 0.2) is 48.5 Å². The minimum atomic E-state index is 0.0374. The van der Waals surface area contributed by atoms with Crippen LogP contribution in [0, 0.1) is 0 Å². The predicted molar refractivity (Wildman–Crippen MR) is 114 cm³/mol. The van der Waals surface area contributed by atoms with Crippen molar-refractivity contribution in [3.05, 3.63) is 59.1 Å². The van der Waals surface area contributed by atoms with Crippen LogP contribution in [0.4, 0.5) is 0 Å². The fourth-order valence-electron chi connectivity index (χ4n) is 3.70. The highest BCUT2D eigenvalue weighted by Gasteiger charge is 2.31. The largest absolute Gasteiger partial charge is 0.494 e. The SMILES string of the molecule is CC(=O)c1ccc(OCCCC(=O)N2CCC[C@H]2c2nc3ccccc3s2)cc1. The quantitative estimate of drug-likeness (QED) is 0.407. The Balaban J connectivity index is 1.30. The fraction of sp³-hybridized carbons (Fsp3) is 0.348. The first-order chi connectivity index (χ1) is 14.1. The Hall–Kier alpha value is -2.73. The predicted octanol–water partition coefficient (Wildman–Crippen LogP) is 5.02. The maximum atomic E-state index is 12.8. The van der Waals surface area contributed by atoms with E-state index in [0.29, 0.717) is 25.0 Å². The molecule has 2 aromatic carbocycles. The molecule has 1 amide bonds. The number of benzene rings is 2. The summed E-state index contributed by atoms with van der Waals surface area (Å²) in [7, 11) is 0. The number of aromatic nitrogens is 1. The summed E-state index contributed by atoms with van der Waals surface area (Å²) in [5.74, 6) is 0.925. The molecule has 1 atom stereocenters. The second kappa shape index (κ2) is 8.74. The van der Waals surface area contributed by atoms with E-state index in [1.54, 1.807) is 42.5 Å². The monoisotopic (exact) mass is 408 g/mol. The van der Waals surface area contributed by atoms with E-state index in [1.165, 1.54) is 4.70 Å². The molecule has 1 fully saturated rings. The van der Waals surface area contributed by atoms with Gasteiger partial charge in [-0.2, -0.15) is 0 Å². The first-order valence-corrected chi connectivity index (χ1v) is 10.8. The number of ketones is 1. The highest BCUT2D eigenvalue weighted by Crippen LogP contribution is 2.36. The lowest BCUT2D eigenvalue weighted by Gasteiger charge is -2.23. The maximum absolute atomic E-state index is 12.8. The van der Waals surface area contributed by atoms with Crippen LogP contribution in [0.25, 0.3) is 10.2 Å². The number of carbonyl (C=O) groups is 2. The van der Waals surface area contributed by atoms with Crippen LogP contribution in [-0.2, 0) is 4.79 Å². The molecular weight excluding hydrogens is 384 g/mol. The topological polar surface area (TPSA) is 59.5 Å². The number of hydrogen-bond acceptors (Lipinski definition) is 5. The molecule has 0 radical (unpaired) electrons. The third-order valence-electron chi connectivity index (χ3n) is 5.23. The van der Waals surface area contributed by atoms with E-state index in [-0.39, 0.29) is 17.7 Å². The van der Waals surface area contributed by atoms with E-state index in [0.717, 1.165) is 35.7 Å². The summed E-state index contributed by atoms with van der Waals surface area (Å²) in [6.07, 6.45) is 3.12. The number of amides is 1. The molecule has 3 aromatic rings. The lowest BCUT2D eigenvalue weighted by atomic mass is 10.1. The molecule has 1 aliphatic rings. The summed E-state index contributed by atoms with van der Waals surface area (Å²) in [6.45, 7) is 2.82. The van der Waals surface area contributed by atoms with E-state index < -0.39 is 0 Å². The Morgan fingerprint density at radius 3 is 2.72 bits per heavy atom. The van der Waals surface area contributed by atoms with E-state index in [4.69, 9.17) is 9.72 Å². The number of thiazole rings is 1. The van der Waals surface area contributed by atoms with Gasteiger partial charge in [0.2, 0.25) is 5.91 Å². The van der Waals surface area contributed by atoms with Gasteiger partial charge in [0.25, 0.3) is 0 Å². The summed E-state index contributed by atoms with van der Waals surface area (Å²) < 4.78 is 6.89. The van der Waals surface area contributed by atoms with E-state index in [9.17, 15) is 9.59 Å². The molecule has 150 valence electrons. The highest BCUT2D eigenvalue weighted by atomic mass is 32.1. The summed E-state index contributed by atoms with van der Waals surface area (Å²) >= 11 is 1.69. The zero-order valence-electron chi connectivity index (χ0n) is 16.5. The molecular formula is C23H24N2O3S. The molecule has 0 bridgehead atoms. The Bertz CT molecular complexity index is 979. The summed E-state index contributed by atoms with van der Waals surface area (Å²) in [5, 5.41) is 1.04. The van der Waals surface area contributed by atoms with Crippen molar-refractivity contribution in [2.45, 2.75) is 38.6 Å². The molecule has 0 saturated carbocycles. The second-order valence-corrected chi connectivity index (χ2v) is 8.36. The number of likely N-dealkylation sites (tertiary alicyclic amines) is 1.